The summed E-state index contributed by atoms with van der Waals surface area (Å²) in [5, 5.41) is 18.4. The Labute approximate surface area is 154 Å². The molecule has 2 nitrogen and oxygen atoms in total. The van der Waals surface area contributed by atoms with Gasteiger partial charge in [-0.2, -0.15) is 11.3 Å². The van der Waals surface area contributed by atoms with Gasteiger partial charge in [0.1, 0.15) is 0 Å². The number of rotatable bonds is 8. The highest BCUT2D eigenvalue weighted by Crippen LogP contribution is 2.29. The highest BCUT2D eigenvalue weighted by molar-refractivity contribution is 7.08. The van der Waals surface area contributed by atoms with E-state index in [0.717, 1.165) is 18.5 Å². The standard InChI is InChI=1S/C22H25NOS/c1-17(22(24)19-10-6-3-7-11-19)23-14-12-21(20-13-15-25-16-20)18-8-4-2-5-9-18/h2-11,13,15-17,21-24H,12,14H2,1H3. The van der Waals surface area contributed by atoms with Crippen LogP contribution in [0.3, 0.4) is 0 Å². The fourth-order valence-corrected chi connectivity index (χ4v) is 3.90. The van der Waals surface area contributed by atoms with Crippen LogP contribution >= 0.6 is 11.3 Å². The summed E-state index contributed by atoms with van der Waals surface area (Å²) in [7, 11) is 0. The largest absolute Gasteiger partial charge is 0.387 e. The van der Waals surface area contributed by atoms with E-state index in [1.54, 1.807) is 11.3 Å². The Morgan fingerprint density at radius 3 is 2.12 bits per heavy atom. The molecule has 2 aromatic carbocycles. The van der Waals surface area contributed by atoms with Gasteiger partial charge in [-0.05, 0) is 53.4 Å². The molecule has 130 valence electrons. The van der Waals surface area contributed by atoms with Crippen molar-refractivity contribution in [1.29, 1.82) is 0 Å². The van der Waals surface area contributed by atoms with Gasteiger partial charge < -0.3 is 10.4 Å². The first kappa shape index (κ1) is 17.9. The number of nitrogens with one attached hydrogen (secondary N) is 1. The van der Waals surface area contributed by atoms with Gasteiger partial charge in [-0.3, -0.25) is 0 Å². The summed E-state index contributed by atoms with van der Waals surface area (Å²) in [6.07, 6.45) is 0.518. The molecule has 1 heterocycles. The molecule has 1 aromatic heterocycles. The van der Waals surface area contributed by atoms with Gasteiger partial charge in [-0.15, -0.1) is 0 Å². The zero-order valence-electron chi connectivity index (χ0n) is 14.5. The molecule has 3 rings (SSSR count). The van der Waals surface area contributed by atoms with Crippen LogP contribution in [-0.2, 0) is 0 Å². The highest BCUT2D eigenvalue weighted by Gasteiger charge is 2.18. The van der Waals surface area contributed by atoms with E-state index >= 15 is 0 Å². The maximum Gasteiger partial charge on any atom is 0.0940 e. The molecule has 0 aliphatic carbocycles. The smallest absolute Gasteiger partial charge is 0.0940 e. The minimum Gasteiger partial charge on any atom is -0.387 e. The minimum absolute atomic E-state index is 0.0151. The van der Waals surface area contributed by atoms with E-state index in [-0.39, 0.29) is 6.04 Å². The number of hydrogen-bond acceptors (Lipinski definition) is 3. The van der Waals surface area contributed by atoms with E-state index in [9.17, 15) is 5.11 Å². The molecule has 3 aromatic rings. The van der Waals surface area contributed by atoms with E-state index in [1.165, 1.54) is 11.1 Å². The summed E-state index contributed by atoms with van der Waals surface area (Å²) in [5.41, 5.74) is 3.67. The summed E-state index contributed by atoms with van der Waals surface area (Å²) in [4.78, 5) is 0. The lowest BCUT2D eigenvalue weighted by Gasteiger charge is -2.23. The maximum absolute atomic E-state index is 10.5. The van der Waals surface area contributed by atoms with Crippen LogP contribution in [-0.4, -0.2) is 17.7 Å². The molecule has 0 amide bonds. The second kappa shape index (κ2) is 8.95. The lowest BCUT2D eigenvalue weighted by Crippen LogP contribution is -2.33. The van der Waals surface area contributed by atoms with Crippen LogP contribution in [0.25, 0.3) is 0 Å². The number of benzene rings is 2. The number of aliphatic hydroxyl groups excluding tert-OH is 1. The summed E-state index contributed by atoms with van der Waals surface area (Å²) in [5.74, 6) is 0.390. The Bertz CT molecular complexity index is 727. The van der Waals surface area contributed by atoms with Crippen molar-refractivity contribution in [3.63, 3.8) is 0 Å². The van der Waals surface area contributed by atoms with Crippen molar-refractivity contribution >= 4 is 11.3 Å². The Morgan fingerprint density at radius 2 is 1.52 bits per heavy atom. The molecule has 0 spiro atoms. The molecule has 0 fully saturated rings. The molecular formula is C22H25NOS. The summed E-state index contributed by atoms with van der Waals surface area (Å²) in [6, 6.07) is 22.7. The van der Waals surface area contributed by atoms with E-state index in [2.05, 4.69) is 52.5 Å². The molecule has 0 radical (unpaired) electrons. The van der Waals surface area contributed by atoms with Crippen molar-refractivity contribution < 1.29 is 5.11 Å². The topological polar surface area (TPSA) is 32.3 Å². The van der Waals surface area contributed by atoms with Crippen LogP contribution < -0.4 is 5.32 Å². The third kappa shape index (κ3) is 4.79. The van der Waals surface area contributed by atoms with Crippen LogP contribution in [0.2, 0.25) is 0 Å². The van der Waals surface area contributed by atoms with Gasteiger partial charge in [0.2, 0.25) is 0 Å². The number of hydrogen-bond donors (Lipinski definition) is 2. The van der Waals surface area contributed by atoms with Crippen molar-refractivity contribution in [2.24, 2.45) is 0 Å². The molecule has 0 saturated carbocycles. The van der Waals surface area contributed by atoms with Gasteiger partial charge in [-0.25, -0.2) is 0 Å². The molecule has 3 atom stereocenters. The quantitative estimate of drug-likeness (QED) is 0.600. The van der Waals surface area contributed by atoms with Crippen molar-refractivity contribution in [2.75, 3.05) is 6.54 Å². The molecule has 3 unspecified atom stereocenters. The normalized spacial score (nSPS) is 14.8. The van der Waals surface area contributed by atoms with Crippen LogP contribution in [0, 0.1) is 0 Å². The van der Waals surface area contributed by atoms with E-state index < -0.39 is 6.10 Å². The van der Waals surface area contributed by atoms with Gasteiger partial charge in [0.25, 0.3) is 0 Å². The average Bonchev–Trinajstić information content (AvgIpc) is 3.20. The second-order valence-corrected chi connectivity index (χ2v) is 7.19. The molecule has 0 aliphatic heterocycles. The van der Waals surface area contributed by atoms with Crippen molar-refractivity contribution in [2.45, 2.75) is 31.4 Å². The van der Waals surface area contributed by atoms with Gasteiger partial charge >= 0.3 is 0 Å². The van der Waals surface area contributed by atoms with Crippen molar-refractivity contribution in [3.05, 3.63) is 94.2 Å². The first-order valence-electron chi connectivity index (χ1n) is 8.79. The monoisotopic (exact) mass is 351 g/mol. The molecule has 0 saturated heterocycles. The van der Waals surface area contributed by atoms with Crippen molar-refractivity contribution in [3.8, 4) is 0 Å². The third-order valence-corrected chi connectivity index (χ3v) is 5.36. The third-order valence-electron chi connectivity index (χ3n) is 4.66. The van der Waals surface area contributed by atoms with Gasteiger partial charge in [-0.1, -0.05) is 60.7 Å². The van der Waals surface area contributed by atoms with E-state index in [4.69, 9.17) is 0 Å². The van der Waals surface area contributed by atoms with Crippen molar-refractivity contribution in [1.82, 2.24) is 5.32 Å². The minimum atomic E-state index is -0.488. The SMILES string of the molecule is CC(NCCC(c1ccccc1)c1ccsc1)C(O)c1ccccc1. The van der Waals surface area contributed by atoms with Gasteiger partial charge in [0.15, 0.2) is 0 Å². The number of aliphatic hydroxyl groups is 1. The first-order chi connectivity index (χ1) is 12.3. The van der Waals surface area contributed by atoms with Gasteiger partial charge in [0, 0.05) is 12.0 Å². The molecule has 25 heavy (non-hydrogen) atoms. The zero-order chi connectivity index (χ0) is 17.5. The van der Waals surface area contributed by atoms with Crippen LogP contribution in [0.4, 0.5) is 0 Å². The summed E-state index contributed by atoms with van der Waals surface area (Å²) >= 11 is 1.74. The molecule has 2 N–H and O–H groups in total. The Hall–Kier alpha value is -1.94. The van der Waals surface area contributed by atoms with Crippen LogP contribution in [0.5, 0.6) is 0 Å². The van der Waals surface area contributed by atoms with E-state index in [1.807, 2.05) is 37.3 Å². The Kier molecular flexibility index (Phi) is 6.40. The predicted octanol–water partition coefficient (Wildman–Crippen LogP) is 4.98. The maximum atomic E-state index is 10.5. The Morgan fingerprint density at radius 1 is 0.880 bits per heavy atom. The zero-order valence-corrected chi connectivity index (χ0v) is 15.3. The van der Waals surface area contributed by atoms with Gasteiger partial charge in [0.05, 0.1) is 6.10 Å². The fraction of sp³-hybridized carbons (Fsp3) is 0.273. The summed E-state index contributed by atoms with van der Waals surface area (Å²) < 4.78 is 0. The molecule has 3 heteroatoms. The first-order valence-corrected chi connectivity index (χ1v) is 9.73. The Balaban J connectivity index is 1.60. The molecular weight excluding hydrogens is 326 g/mol. The number of thiophene rings is 1. The average molecular weight is 352 g/mol. The fourth-order valence-electron chi connectivity index (χ4n) is 3.19. The predicted molar refractivity (Wildman–Crippen MR) is 106 cm³/mol. The molecule has 0 bridgehead atoms. The summed E-state index contributed by atoms with van der Waals surface area (Å²) in [6.45, 7) is 2.90. The highest BCUT2D eigenvalue weighted by atomic mass is 32.1. The lowest BCUT2D eigenvalue weighted by atomic mass is 9.90. The second-order valence-electron chi connectivity index (χ2n) is 6.41. The van der Waals surface area contributed by atoms with E-state index in [0.29, 0.717) is 5.92 Å². The lowest BCUT2D eigenvalue weighted by molar-refractivity contribution is 0.136. The van der Waals surface area contributed by atoms with Crippen LogP contribution in [0.15, 0.2) is 77.5 Å². The molecule has 0 aliphatic rings. The van der Waals surface area contributed by atoms with Crippen LogP contribution in [0.1, 0.15) is 42.1 Å².